The lowest BCUT2D eigenvalue weighted by Gasteiger charge is -2.34. The molecule has 0 unspecified atom stereocenters. The number of rotatable bonds is 5. The van der Waals surface area contributed by atoms with Gasteiger partial charge >= 0.3 is 6.36 Å². The number of piperidine rings is 1. The van der Waals surface area contributed by atoms with Gasteiger partial charge in [-0.3, -0.25) is 4.68 Å². The molecule has 0 saturated carbocycles. The number of ether oxygens (including phenoxy) is 1. The molecule has 11 heteroatoms. The minimum Gasteiger partial charge on any atom is -0.406 e. The van der Waals surface area contributed by atoms with Crippen LogP contribution >= 0.6 is 0 Å². The van der Waals surface area contributed by atoms with E-state index in [1.165, 1.54) is 22.6 Å². The Labute approximate surface area is 148 Å². The molecule has 2 aromatic rings. The largest absolute Gasteiger partial charge is 0.573 e. The van der Waals surface area contributed by atoms with E-state index in [4.69, 9.17) is 0 Å². The van der Waals surface area contributed by atoms with Gasteiger partial charge in [0.05, 0.1) is 17.6 Å². The summed E-state index contributed by atoms with van der Waals surface area (Å²) in [6.07, 6.45) is 0.437. The Balaban J connectivity index is 1.86. The van der Waals surface area contributed by atoms with E-state index in [9.17, 15) is 21.6 Å². The van der Waals surface area contributed by atoms with E-state index in [0.29, 0.717) is 25.9 Å². The van der Waals surface area contributed by atoms with Gasteiger partial charge in [-0.05, 0) is 25.0 Å². The molecule has 1 aliphatic rings. The van der Waals surface area contributed by atoms with Crippen molar-refractivity contribution in [2.75, 3.05) is 6.54 Å². The third-order valence-corrected chi connectivity index (χ3v) is 6.04. The topological polar surface area (TPSA) is 77.3 Å². The van der Waals surface area contributed by atoms with E-state index < -0.39 is 22.1 Å². The lowest BCUT2D eigenvalue weighted by Crippen LogP contribution is -2.45. The van der Waals surface area contributed by atoms with Gasteiger partial charge in [-0.1, -0.05) is 17.7 Å². The van der Waals surface area contributed by atoms with Crippen LogP contribution in [0.3, 0.4) is 0 Å². The Kier molecular flexibility index (Phi) is 5.19. The molecule has 1 aromatic carbocycles. The van der Waals surface area contributed by atoms with Gasteiger partial charge in [0.2, 0.25) is 10.0 Å². The van der Waals surface area contributed by atoms with Crippen LogP contribution in [-0.2, 0) is 16.6 Å². The standard InChI is InChI=1S/C15H17F3N4O3S/c16-15(17,18)25-13-5-3-6-14(10-13)26(23,24)22-8-2-1-4-12(22)11-21-9-7-19-20-21/h3,5-7,9-10,12H,1-2,4,8,11H2/t12-/m1/s1. The summed E-state index contributed by atoms with van der Waals surface area (Å²) in [5.74, 6) is -0.566. The molecule has 3 rings (SSSR count). The smallest absolute Gasteiger partial charge is 0.406 e. The van der Waals surface area contributed by atoms with Crippen molar-refractivity contribution >= 4 is 10.0 Å². The fraction of sp³-hybridized carbons (Fsp3) is 0.467. The van der Waals surface area contributed by atoms with Gasteiger partial charge in [0.1, 0.15) is 5.75 Å². The van der Waals surface area contributed by atoms with Crippen LogP contribution in [0.25, 0.3) is 0 Å². The predicted molar refractivity (Wildman–Crippen MR) is 84.7 cm³/mol. The number of hydrogen-bond donors (Lipinski definition) is 0. The third kappa shape index (κ3) is 4.33. The first-order valence-electron chi connectivity index (χ1n) is 7.97. The van der Waals surface area contributed by atoms with E-state index in [-0.39, 0.29) is 10.9 Å². The second-order valence-corrected chi connectivity index (χ2v) is 7.80. The summed E-state index contributed by atoms with van der Waals surface area (Å²) in [4.78, 5) is -0.232. The van der Waals surface area contributed by atoms with Crippen LogP contribution in [0, 0.1) is 0 Å². The number of benzene rings is 1. The Morgan fingerprint density at radius 2 is 2.08 bits per heavy atom. The monoisotopic (exact) mass is 390 g/mol. The summed E-state index contributed by atoms with van der Waals surface area (Å²) >= 11 is 0. The summed E-state index contributed by atoms with van der Waals surface area (Å²) in [5.41, 5.74) is 0. The number of halogens is 3. The minimum atomic E-state index is -4.89. The number of aromatic nitrogens is 3. The van der Waals surface area contributed by atoms with Crippen molar-refractivity contribution in [2.45, 2.75) is 43.1 Å². The first-order chi connectivity index (χ1) is 12.3. The molecule has 0 amide bonds. The van der Waals surface area contributed by atoms with Crippen molar-refractivity contribution in [1.29, 1.82) is 0 Å². The summed E-state index contributed by atoms with van der Waals surface area (Å²) in [5, 5.41) is 7.55. The highest BCUT2D eigenvalue weighted by atomic mass is 32.2. The molecule has 26 heavy (non-hydrogen) atoms. The molecule has 7 nitrogen and oxygen atoms in total. The third-order valence-electron chi connectivity index (χ3n) is 4.09. The average Bonchev–Trinajstić information content (AvgIpc) is 3.07. The summed E-state index contributed by atoms with van der Waals surface area (Å²) < 4.78 is 69.9. The van der Waals surface area contributed by atoms with Crippen molar-refractivity contribution in [3.05, 3.63) is 36.7 Å². The van der Waals surface area contributed by atoms with Crippen molar-refractivity contribution in [3.8, 4) is 5.75 Å². The van der Waals surface area contributed by atoms with Gasteiger partial charge in [-0.15, -0.1) is 18.3 Å². The summed E-state index contributed by atoms with van der Waals surface area (Å²) in [6.45, 7) is 0.629. The molecular formula is C15H17F3N4O3S. The quantitative estimate of drug-likeness (QED) is 0.784. The van der Waals surface area contributed by atoms with E-state index in [0.717, 1.165) is 18.6 Å². The molecule has 0 spiro atoms. The van der Waals surface area contributed by atoms with E-state index >= 15 is 0 Å². The highest BCUT2D eigenvalue weighted by molar-refractivity contribution is 7.89. The van der Waals surface area contributed by atoms with Gasteiger partial charge in [-0.2, -0.15) is 4.31 Å². The lowest BCUT2D eigenvalue weighted by atomic mass is 10.1. The second kappa shape index (κ2) is 7.23. The molecule has 142 valence electrons. The number of sulfonamides is 1. The van der Waals surface area contributed by atoms with Crippen LogP contribution in [0.15, 0.2) is 41.6 Å². The van der Waals surface area contributed by atoms with Gasteiger partial charge in [-0.25, -0.2) is 8.42 Å². The zero-order chi connectivity index (χ0) is 18.8. The van der Waals surface area contributed by atoms with E-state index in [2.05, 4.69) is 15.0 Å². The minimum absolute atomic E-state index is 0.232. The van der Waals surface area contributed by atoms with Crippen LogP contribution < -0.4 is 4.74 Å². The fourth-order valence-electron chi connectivity index (χ4n) is 2.99. The van der Waals surface area contributed by atoms with Gasteiger partial charge < -0.3 is 4.74 Å². The molecule has 1 aliphatic heterocycles. The molecule has 0 bridgehead atoms. The van der Waals surface area contributed by atoms with Gasteiger partial charge in [0.15, 0.2) is 0 Å². The Morgan fingerprint density at radius 1 is 1.27 bits per heavy atom. The predicted octanol–water partition coefficient (Wildman–Crippen LogP) is 2.42. The molecule has 1 atom stereocenters. The van der Waals surface area contributed by atoms with Crippen molar-refractivity contribution < 1.29 is 26.3 Å². The fourth-order valence-corrected chi connectivity index (χ4v) is 4.71. The average molecular weight is 390 g/mol. The molecule has 2 heterocycles. The molecule has 0 aliphatic carbocycles. The first-order valence-corrected chi connectivity index (χ1v) is 9.41. The maximum Gasteiger partial charge on any atom is 0.573 e. The van der Waals surface area contributed by atoms with Crippen LogP contribution in [-0.4, -0.2) is 46.7 Å². The number of alkyl halides is 3. The normalized spacial score (nSPS) is 19.4. The van der Waals surface area contributed by atoms with Gasteiger partial charge in [0.25, 0.3) is 0 Å². The van der Waals surface area contributed by atoms with Crippen LogP contribution in [0.4, 0.5) is 13.2 Å². The SMILES string of the molecule is O=S(=O)(c1cccc(OC(F)(F)F)c1)N1CCCC[C@@H]1Cn1ccnn1. The molecule has 1 saturated heterocycles. The molecule has 1 fully saturated rings. The second-order valence-electron chi connectivity index (χ2n) is 5.91. The van der Waals surface area contributed by atoms with Crippen LogP contribution in [0.5, 0.6) is 5.75 Å². The van der Waals surface area contributed by atoms with Crippen LogP contribution in [0.2, 0.25) is 0 Å². The summed E-state index contributed by atoms with van der Waals surface area (Å²) in [6, 6.07) is 4.10. The van der Waals surface area contributed by atoms with Crippen LogP contribution in [0.1, 0.15) is 19.3 Å². The van der Waals surface area contributed by atoms with E-state index in [1.807, 2.05) is 0 Å². The molecule has 1 aromatic heterocycles. The zero-order valence-electron chi connectivity index (χ0n) is 13.6. The maximum atomic E-state index is 13.0. The Morgan fingerprint density at radius 3 is 2.77 bits per heavy atom. The lowest BCUT2D eigenvalue weighted by molar-refractivity contribution is -0.274. The Hall–Kier alpha value is -2.14. The zero-order valence-corrected chi connectivity index (χ0v) is 14.4. The van der Waals surface area contributed by atoms with Gasteiger partial charge in [0, 0.05) is 24.8 Å². The van der Waals surface area contributed by atoms with E-state index in [1.54, 1.807) is 10.9 Å². The molecule has 0 radical (unpaired) electrons. The van der Waals surface area contributed by atoms with Crippen molar-refractivity contribution in [1.82, 2.24) is 19.3 Å². The van der Waals surface area contributed by atoms with Crippen molar-refractivity contribution in [3.63, 3.8) is 0 Å². The number of hydrogen-bond acceptors (Lipinski definition) is 5. The van der Waals surface area contributed by atoms with Crippen molar-refractivity contribution in [2.24, 2.45) is 0 Å². The maximum absolute atomic E-state index is 13.0. The first kappa shape index (κ1) is 18.6. The Bertz CT molecular complexity index is 840. The summed E-state index contributed by atoms with van der Waals surface area (Å²) in [7, 11) is -3.97. The number of nitrogens with zero attached hydrogens (tertiary/aromatic N) is 4. The molecular weight excluding hydrogens is 373 g/mol. The highest BCUT2D eigenvalue weighted by Crippen LogP contribution is 2.29. The molecule has 0 N–H and O–H groups in total. The highest BCUT2D eigenvalue weighted by Gasteiger charge is 2.35.